The second-order valence-electron chi connectivity index (χ2n) is 1.62. The number of imidazole rings is 1. The van der Waals surface area contributed by atoms with Crippen LogP contribution in [0, 0.1) is 6.33 Å². The van der Waals surface area contributed by atoms with Gasteiger partial charge in [0.25, 0.3) is 0 Å². The molecule has 0 amide bonds. The van der Waals surface area contributed by atoms with Gasteiger partial charge in [0.2, 0.25) is 6.33 Å². The zero-order valence-electron chi connectivity index (χ0n) is 4.52. The van der Waals surface area contributed by atoms with Crippen molar-refractivity contribution in [3.63, 3.8) is 0 Å². The molecule has 0 fully saturated rings. The van der Waals surface area contributed by atoms with E-state index in [1.165, 1.54) is 0 Å². The summed E-state index contributed by atoms with van der Waals surface area (Å²) >= 11 is 0. The van der Waals surface area contributed by atoms with Crippen LogP contribution in [0.3, 0.4) is 0 Å². The minimum absolute atomic E-state index is 0.883. The van der Waals surface area contributed by atoms with Gasteiger partial charge in [0, 0.05) is 0 Å². The highest BCUT2D eigenvalue weighted by atomic mass is 15.3. The molecular weight excluding hydrogens is 116 g/mol. The van der Waals surface area contributed by atoms with Crippen molar-refractivity contribution >= 4 is 5.52 Å². The molecule has 0 saturated carbocycles. The van der Waals surface area contributed by atoms with Gasteiger partial charge in [0.15, 0.2) is 0 Å². The second-order valence-corrected chi connectivity index (χ2v) is 1.62. The number of rotatable bonds is 0. The van der Waals surface area contributed by atoms with E-state index in [2.05, 4.69) is 21.4 Å². The van der Waals surface area contributed by atoms with Crippen molar-refractivity contribution in [1.29, 1.82) is 0 Å². The fourth-order valence-electron chi connectivity index (χ4n) is 0.644. The molecule has 9 heavy (non-hydrogen) atoms. The van der Waals surface area contributed by atoms with Gasteiger partial charge in [-0.3, -0.25) is 0 Å². The Morgan fingerprint density at radius 2 is 2.44 bits per heavy atom. The molecule has 2 aromatic heterocycles. The van der Waals surface area contributed by atoms with Crippen molar-refractivity contribution in [2.24, 2.45) is 0 Å². The lowest BCUT2D eigenvalue weighted by molar-refractivity contribution is 0.884. The monoisotopic (exact) mass is 119 g/mol. The standard InChI is InChI=1S/C5H3N4/c1-5-2-7-4-9(5)8-3-6-1/h1-2,4H. The minimum Gasteiger partial charge on any atom is -0.242 e. The van der Waals surface area contributed by atoms with E-state index in [9.17, 15) is 0 Å². The Kier molecular flexibility index (Phi) is 0.745. The molecule has 4 heteroatoms. The van der Waals surface area contributed by atoms with Gasteiger partial charge in [0.05, 0.1) is 12.4 Å². The van der Waals surface area contributed by atoms with Gasteiger partial charge in [0.1, 0.15) is 11.8 Å². The van der Waals surface area contributed by atoms with E-state index in [0.29, 0.717) is 0 Å². The van der Waals surface area contributed by atoms with Crippen LogP contribution in [-0.2, 0) is 0 Å². The molecule has 2 heterocycles. The van der Waals surface area contributed by atoms with Crippen LogP contribution in [0.25, 0.3) is 5.52 Å². The Morgan fingerprint density at radius 3 is 3.33 bits per heavy atom. The van der Waals surface area contributed by atoms with E-state index in [-0.39, 0.29) is 0 Å². The zero-order chi connectivity index (χ0) is 6.10. The molecule has 0 aliphatic rings. The second kappa shape index (κ2) is 1.51. The van der Waals surface area contributed by atoms with E-state index in [1.807, 2.05) is 0 Å². The molecule has 0 unspecified atom stereocenters. The summed E-state index contributed by atoms with van der Waals surface area (Å²) in [5.74, 6) is 0. The van der Waals surface area contributed by atoms with E-state index < -0.39 is 0 Å². The first kappa shape index (κ1) is 4.43. The first-order valence-electron chi connectivity index (χ1n) is 2.48. The van der Waals surface area contributed by atoms with Crippen LogP contribution < -0.4 is 0 Å². The molecule has 2 aromatic rings. The van der Waals surface area contributed by atoms with Crippen molar-refractivity contribution in [3.8, 4) is 0 Å². The lowest BCUT2D eigenvalue weighted by Gasteiger charge is -1.83. The maximum Gasteiger partial charge on any atom is 0.219 e. The number of aromatic nitrogens is 4. The average molecular weight is 119 g/mol. The molecule has 43 valence electrons. The Labute approximate surface area is 51.2 Å². The van der Waals surface area contributed by atoms with Crippen LogP contribution in [0.15, 0.2) is 18.7 Å². The topological polar surface area (TPSA) is 43.1 Å². The first-order chi connectivity index (χ1) is 4.47. The van der Waals surface area contributed by atoms with Gasteiger partial charge >= 0.3 is 0 Å². The van der Waals surface area contributed by atoms with Gasteiger partial charge in [-0.05, 0) is 0 Å². The summed E-state index contributed by atoms with van der Waals surface area (Å²) in [6.07, 6.45) is 7.39. The van der Waals surface area contributed by atoms with E-state index in [4.69, 9.17) is 0 Å². The number of hydrogen-bond acceptors (Lipinski definition) is 3. The maximum absolute atomic E-state index is 3.84. The van der Waals surface area contributed by atoms with Gasteiger partial charge in [-0.2, -0.15) is 0 Å². The van der Waals surface area contributed by atoms with Crippen LogP contribution in [0.2, 0.25) is 0 Å². The zero-order valence-corrected chi connectivity index (χ0v) is 4.52. The summed E-state index contributed by atoms with van der Waals surface area (Å²) in [4.78, 5) is 7.53. The smallest absolute Gasteiger partial charge is 0.219 e. The molecule has 0 atom stereocenters. The van der Waals surface area contributed by atoms with Crippen LogP contribution >= 0.6 is 0 Å². The minimum atomic E-state index is 0.883. The fraction of sp³-hybridized carbons (Fsp3) is 0. The Balaban J connectivity index is 2.95. The molecule has 0 N–H and O–H groups in total. The molecular formula is C5H3N4. The molecule has 0 bridgehead atoms. The highest BCUT2D eigenvalue weighted by molar-refractivity contribution is 5.38. The van der Waals surface area contributed by atoms with Gasteiger partial charge < -0.3 is 0 Å². The van der Waals surface area contributed by atoms with Gasteiger partial charge in [-0.15, -0.1) is 5.10 Å². The summed E-state index contributed by atoms with van der Waals surface area (Å²) < 4.78 is 1.60. The predicted molar refractivity (Wildman–Crippen MR) is 29.6 cm³/mol. The van der Waals surface area contributed by atoms with E-state index in [1.54, 1.807) is 23.2 Å². The Bertz CT molecular complexity index is 283. The number of nitrogens with zero attached hydrogens (tertiary/aromatic N) is 4. The first-order valence-corrected chi connectivity index (χ1v) is 2.48. The summed E-state index contributed by atoms with van der Waals surface area (Å²) in [5.41, 5.74) is 0.883. The van der Waals surface area contributed by atoms with Crippen LogP contribution in [0.1, 0.15) is 0 Å². The fourth-order valence-corrected chi connectivity index (χ4v) is 0.644. The molecule has 4 nitrogen and oxygen atoms in total. The van der Waals surface area contributed by atoms with Crippen molar-refractivity contribution < 1.29 is 0 Å². The lowest BCUT2D eigenvalue weighted by atomic mass is 10.6. The lowest BCUT2D eigenvalue weighted by Crippen LogP contribution is -1.88. The number of hydrogen-bond donors (Lipinski definition) is 0. The van der Waals surface area contributed by atoms with E-state index in [0.717, 1.165) is 5.52 Å². The summed E-state index contributed by atoms with van der Waals surface area (Å²) in [5, 5.41) is 3.76. The Hall–Kier alpha value is -1.45. The largest absolute Gasteiger partial charge is 0.242 e. The highest BCUT2D eigenvalue weighted by Gasteiger charge is 1.88. The predicted octanol–water partition coefficient (Wildman–Crippen LogP) is -0.0755. The van der Waals surface area contributed by atoms with Gasteiger partial charge in [-0.1, -0.05) is 0 Å². The SMILES string of the molecule is [c]1ncc2cncn2n1. The molecule has 0 saturated heterocycles. The van der Waals surface area contributed by atoms with Crippen LogP contribution in [0.4, 0.5) is 0 Å². The summed E-state index contributed by atoms with van der Waals surface area (Å²) in [6.45, 7) is 0. The third-order valence-corrected chi connectivity index (χ3v) is 1.05. The summed E-state index contributed by atoms with van der Waals surface area (Å²) in [6, 6.07) is 0. The number of fused-ring (bicyclic) bond motifs is 1. The molecule has 0 aliphatic heterocycles. The maximum atomic E-state index is 3.84. The average Bonchev–Trinajstić information content (AvgIpc) is 2.33. The van der Waals surface area contributed by atoms with Crippen molar-refractivity contribution in [3.05, 3.63) is 25.0 Å². The van der Waals surface area contributed by atoms with Gasteiger partial charge in [-0.25, -0.2) is 14.5 Å². The van der Waals surface area contributed by atoms with Crippen LogP contribution in [0.5, 0.6) is 0 Å². The van der Waals surface area contributed by atoms with Crippen molar-refractivity contribution in [2.75, 3.05) is 0 Å². The molecule has 0 aromatic carbocycles. The third-order valence-electron chi connectivity index (χ3n) is 1.05. The molecule has 0 aliphatic carbocycles. The molecule has 0 spiro atoms. The summed E-state index contributed by atoms with van der Waals surface area (Å²) in [7, 11) is 0. The van der Waals surface area contributed by atoms with Crippen molar-refractivity contribution in [1.82, 2.24) is 19.6 Å². The van der Waals surface area contributed by atoms with Crippen molar-refractivity contribution in [2.45, 2.75) is 0 Å². The molecule has 1 radical (unpaired) electrons. The third kappa shape index (κ3) is 0.561. The highest BCUT2D eigenvalue weighted by Crippen LogP contribution is 1.92. The molecule has 2 rings (SSSR count). The van der Waals surface area contributed by atoms with E-state index >= 15 is 0 Å². The normalized spacial score (nSPS) is 10.2. The quantitative estimate of drug-likeness (QED) is 0.487. The van der Waals surface area contributed by atoms with Crippen LogP contribution in [-0.4, -0.2) is 19.6 Å². The Morgan fingerprint density at radius 1 is 1.44 bits per heavy atom.